The Morgan fingerprint density at radius 3 is 2.21 bits per heavy atom. The van der Waals surface area contributed by atoms with E-state index in [4.69, 9.17) is 5.11 Å². The van der Waals surface area contributed by atoms with Crippen LogP contribution in [0.15, 0.2) is 0 Å². The Hall–Kier alpha value is -1.63. The molecule has 1 aliphatic heterocycles. The largest absolute Gasteiger partial charge is 0.481 e. The molecule has 0 aromatic heterocycles. The zero-order valence-electron chi connectivity index (χ0n) is 7.26. The summed E-state index contributed by atoms with van der Waals surface area (Å²) < 4.78 is 0. The monoisotopic (exact) mass is 203 g/mol. The predicted molar refractivity (Wildman–Crippen MR) is 40.4 cm³/mol. The fourth-order valence-corrected chi connectivity index (χ4v) is 0.819. The van der Waals surface area contributed by atoms with Crippen LogP contribution in [0, 0.1) is 0 Å². The second-order valence-electron chi connectivity index (χ2n) is 2.63. The summed E-state index contributed by atoms with van der Waals surface area (Å²) in [5.41, 5.74) is 0. The van der Waals surface area contributed by atoms with Gasteiger partial charge in [-0.25, -0.2) is 0 Å². The van der Waals surface area contributed by atoms with Crippen molar-refractivity contribution in [2.24, 2.45) is 0 Å². The smallest absolute Gasteiger partial charge is 0.329 e. The highest BCUT2D eigenvalue weighted by Crippen LogP contribution is 2.07. The summed E-state index contributed by atoms with van der Waals surface area (Å²) in [6.45, 7) is -0.174. The average molecular weight is 203 g/mol. The molecular weight excluding hydrogens is 194 g/mol. The Labute approximate surface area is 79.1 Å². The number of nitrogens with zero attached hydrogens (tertiary/aromatic N) is 1. The molecule has 14 heavy (non-hydrogen) atoms. The molecule has 7 nitrogen and oxygen atoms in total. The lowest BCUT2D eigenvalue weighted by atomic mass is 10.3. The Balaban J connectivity index is 2.45. The zero-order valence-corrected chi connectivity index (χ0v) is 7.26. The maximum Gasteiger partial charge on any atom is 0.329 e. The molecule has 0 saturated carbocycles. The third-order valence-corrected chi connectivity index (χ3v) is 1.45. The van der Waals surface area contributed by atoms with Gasteiger partial charge >= 0.3 is 17.9 Å². The number of hydroxylamine groups is 2. The standard InChI is InChI=1S/C7H9NO6/c9-5(10)3-4-8-13-6(11)1-2-7(12)14-8/h1-4H2,(H,9,10). The molecular formula is C7H9NO6. The van der Waals surface area contributed by atoms with Gasteiger partial charge in [0, 0.05) is 5.23 Å². The van der Waals surface area contributed by atoms with Gasteiger partial charge in [0.15, 0.2) is 0 Å². The number of hydrogen-bond donors (Lipinski definition) is 1. The molecule has 0 aromatic rings. The molecule has 0 radical (unpaired) electrons. The van der Waals surface area contributed by atoms with Crippen LogP contribution in [0.2, 0.25) is 0 Å². The van der Waals surface area contributed by atoms with Gasteiger partial charge in [-0.1, -0.05) is 0 Å². The highest BCUT2D eigenvalue weighted by Gasteiger charge is 2.23. The first-order chi connectivity index (χ1) is 6.58. The molecule has 0 unspecified atom stereocenters. The Morgan fingerprint density at radius 1 is 1.29 bits per heavy atom. The van der Waals surface area contributed by atoms with Gasteiger partial charge < -0.3 is 14.8 Å². The number of carboxylic acid groups (broad SMARTS) is 1. The highest BCUT2D eigenvalue weighted by atomic mass is 17.0. The fourth-order valence-electron chi connectivity index (χ4n) is 0.819. The van der Waals surface area contributed by atoms with Crippen LogP contribution in [0.5, 0.6) is 0 Å². The molecule has 78 valence electrons. The third kappa shape index (κ3) is 3.40. The Morgan fingerprint density at radius 2 is 1.79 bits per heavy atom. The quantitative estimate of drug-likeness (QED) is 0.659. The van der Waals surface area contributed by atoms with Crippen molar-refractivity contribution in [3.63, 3.8) is 0 Å². The third-order valence-electron chi connectivity index (χ3n) is 1.45. The summed E-state index contributed by atoms with van der Waals surface area (Å²) in [7, 11) is 0. The van der Waals surface area contributed by atoms with Crippen molar-refractivity contribution in [1.82, 2.24) is 5.23 Å². The first-order valence-electron chi connectivity index (χ1n) is 3.99. The molecule has 1 heterocycles. The zero-order chi connectivity index (χ0) is 10.6. The summed E-state index contributed by atoms with van der Waals surface area (Å²) in [5, 5.41) is 8.94. The molecule has 0 atom stereocenters. The van der Waals surface area contributed by atoms with Crippen molar-refractivity contribution in [2.45, 2.75) is 19.3 Å². The van der Waals surface area contributed by atoms with E-state index in [0.29, 0.717) is 5.23 Å². The van der Waals surface area contributed by atoms with Crippen molar-refractivity contribution < 1.29 is 29.2 Å². The first-order valence-corrected chi connectivity index (χ1v) is 3.99. The van der Waals surface area contributed by atoms with Crippen molar-refractivity contribution in [2.75, 3.05) is 6.54 Å². The normalized spacial score (nSPS) is 18.3. The van der Waals surface area contributed by atoms with Crippen LogP contribution in [0.3, 0.4) is 0 Å². The minimum Gasteiger partial charge on any atom is -0.481 e. The molecule has 1 rings (SSSR count). The van der Waals surface area contributed by atoms with Gasteiger partial charge in [0.05, 0.1) is 25.8 Å². The lowest BCUT2D eigenvalue weighted by Gasteiger charge is -2.14. The van der Waals surface area contributed by atoms with Crippen LogP contribution in [-0.2, 0) is 24.1 Å². The van der Waals surface area contributed by atoms with Crippen LogP contribution in [-0.4, -0.2) is 34.8 Å². The van der Waals surface area contributed by atoms with Gasteiger partial charge in [-0.3, -0.25) is 14.4 Å². The summed E-state index contributed by atoms with van der Waals surface area (Å²) in [5.74, 6) is -2.29. The Bertz CT molecular complexity index is 245. The van der Waals surface area contributed by atoms with Crippen LogP contribution in [0.1, 0.15) is 19.3 Å². The minimum atomic E-state index is -1.07. The van der Waals surface area contributed by atoms with Gasteiger partial charge in [-0.05, 0) is 0 Å². The molecule has 1 N–H and O–H groups in total. The van der Waals surface area contributed by atoms with Crippen LogP contribution >= 0.6 is 0 Å². The van der Waals surface area contributed by atoms with Gasteiger partial charge in [-0.15, -0.1) is 0 Å². The number of aliphatic carboxylic acids is 1. The van der Waals surface area contributed by atoms with E-state index in [2.05, 4.69) is 9.68 Å². The summed E-state index contributed by atoms with van der Waals surface area (Å²) in [4.78, 5) is 40.9. The van der Waals surface area contributed by atoms with Crippen molar-refractivity contribution >= 4 is 17.9 Å². The summed E-state index contributed by atoms with van der Waals surface area (Å²) >= 11 is 0. The molecule has 0 amide bonds. The molecule has 0 aliphatic carbocycles. The van der Waals surface area contributed by atoms with E-state index in [1.807, 2.05) is 0 Å². The number of hydrogen-bond acceptors (Lipinski definition) is 6. The van der Waals surface area contributed by atoms with E-state index in [1.54, 1.807) is 0 Å². The van der Waals surface area contributed by atoms with Crippen LogP contribution in [0.25, 0.3) is 0 Å². The van der Waals surface area contributed by atoms with E-state index in [-0.39, 0.29) is 25.8 Å². The SMILES string of the molecule is O=C(O)CCN1OC(=O)CCC(=O)O1. The molecule has 0 spiro atoms. The highest BCUT2D eigenvalue weighted by molar-refractivity contribution is 5.78. The van der Waals surface area contributed by atoms with E-state index in [9.17, 15) is 14.4 Å². The minimum absolute atomic E-state index is 0.0532. The van der Waals surface area contributed by atoms with E-state index < -0.39 is 17.9 Å². The average Bonchev–Trinajstić information content (AvgIpc) is 2.25. The number of carbonyl (C=O) groups is 3. The number of rotatable bonds is 3. The van der Waals surface area contributed by atoms with E-state index in [0.717, 1.165) is 0 Å². The maximum absolute atomic E-state index is 10.8. The fraction of sp³-hybridized carbons (Fsp3) is 0.571. The van der Waals surface area contributed by atoms with Gasteiger partial charge in [0.25, 0.3) is 0 Å². The summed E-state index contributed by atoms with van der Waals surface area (Å²) in [6, 6.07) is 0. The van der Waals surface area contributed by atoms with Gasteiger partial charge in [0.2, 0.25) is 0 Å². The molecule has 7 heteroatoms. The first kappa shape index (κ1) is 10.5. The summed E-state index contributed by atoms with van der Waals surface area (Å²) in [6.07, 6.45) is -0.384. The van der Waals surface area contributed by atoms with Gasteiger partial charge in [-0.2, -0.15) is 0 Å². The molecule has 0 aromatic carbocycles. The molecule has 0 bridgehead atoms. The second-order valence-corrected chi connectivity index (χ2v) is 2.63. The maximum atomic E-state index is 10.8. The lowest BCUT2D eigenvalue weighted by Crippen LogP contribution is -2.29. The predicted octanol–water partition coefficient (Wildman–Crippen LogP) is -0.527. The number of carboxylic acids is 1. The molecule has 1 fully saturated rings. The van der Waals surface area contributed by atoms with E-state index in [1.165, 1.54) is 0 Å². The number of carbonyl (C=O) groups excluding carboxylic acids is 2. The van der Waals surface area contributed by atoms with Crippen LogP contribution in [0.4, 0.5) is 0 Å². The van der Waals surface area contributed by atoms with Crippen molar-refractivity contribution in [3.05, 3.63) is 0 Å². The van der Waals surface area contributed by atoms with Crippen molar-refractivity contribution in [1.29, 1.82) is 0 Å². The Kier molecular flexibility index (Phi) is 3.41. The van der Waals surface area contributed by atoms with E-state index >= 15 is 0 Å². The van der Waals surface area contributed by atoms with Crippen LogP contribution < -0.4 is 0 Å². The molecule has 1 aliphatic rings. The van der Waals surface area contributed by atoms with Crippen molar-refractivity contribution in [3.8, 4) is 0 Å². The second kappa shape index (κ2) is 4.56. The molecule has 1 saturated heterocycles. The lowest BCUT2D eigenvalue weighted by molar-refractivity contribution is -0.319. The topological polar surface area (TPSA) is 93.1 Å². The van der Waals surface area contributed by atoms with Gasteiger partial charge in [0.1, 0.15) is 0 Å².